The smallest absolute Gasteiger partial charge is 0.317 e. The van der Waals surface area contributed by atoms with Crippen molar-refractivity contribution in [3.63, 3.8) is 0 Å². The third kappa shape index (κ3) is 5.34. The van der Waals surface area contributed by atoms with Crippen LogP contribution >= 0.6 is 11.6 Å². The van der Waals surface area contributed by atoms with E-state index < -0.39 is 12.1 Å². The number of hydrogen-bond donors (Lipinski definition) is 1. The van der Waals surface area contributed by atoms with Gasteiger partial charge in [-0.15, -0.1) is 0 Å². The third-order valence-electron chi connectivity index (χ3n) is 4.57. The van der Waals surface area contributed by atoms with Crippen molar-refractivity contribution in [1.82, 2.24) is 9.80 Å². The van der Waals surface area contributed by atoms with Crippen LogP contribution in [0.1, 0.15) is 25.3 Å². The van der Waals surface area contributed by atoms with Gasteiger partial charge in [0, 0.05) is 24.2 Å². The summed E-state index contributed by atoms with van der Waals surface area (Å²) in [5.41, 5.74) is 0.890. The van der Waals surface area contributed by atoms with E-state index in [1.165, 1.54) is 0 Å². The summed E-state index contributed by atoms with van der Waals surface area (Å²) in [6.07, 6.45) is 0.956. The molecule has 0 aliphatic carbocycles. The Balaban J connectivity index is 1.88. The fourth-order valence-corrected chi connectivity index (χ4v) is 3.34. The number of piperidine rings is 1. The molecule has 2 rings (SSSR count). The van der Waals surface area contributed by atoms with Gasteiger partial charge in [-0.3, -0.25) is 14.5 Å². The Kier molecular flexibility index (Phi) is 6.67. The maximum Gasteiger partial charge on any atom is 0.317 e. The maximum atomic E-state index is 12.6. The second kappa shape index (κ2) is 8.54. The van der Waals surface area contributed by atoms with Crippen molar-refractivity contribution in [2.24, 2.45) is 0 Å². The van der Waals surface area contributed by atoms with Crippen molar-refractivity contribution >= 4 is 23.5 Å². The Labute approximate surface area is 153 Å². The number of nitrogens with zero attached hydrogens (tertiary/aromatic N) is 2. The lowest BCUT2D eigenvalue weighted by Crippen LogP contribution is -2.49. The molecular formula is C18H25ClN2O4. The molecule has 1 aliphatic rings. The van der Waals surface area contributed by atoms with Crippen molar-refractivity contribution in [2.45, 2.75) is 38.8 Å². The largest absolute Gasteiger partial charge is 0.481 e. The molecule has 6 nitrogen and oxygen atoms in total. The molecule has 0 aromatic heterocycles. The summed E-state index contributed by atoms with van der Waals surface area (Å²) in [5.74, 6) is -0.226. The average Bonchev–Trinajstić information content (AvgIpc) is 2.56. The van der Waals surface area contributed by atoms with Crippen LogP contribution in [-0.4, -0.2) is 65.6 Å². The van der Waals surface area contributed by atoms with E-state index in [4.69, 9.17) is 21.4 Å². The number of likely N-dealkylation sites (N-methyl/N-ethyl adjacent to an activating group) is 1. The number of carboxylic acids is 1. The molecule has 0 unspecified atom stereocenters. The molecule has 1 aromatic carbocycles. The van der Waals surface area contributed by atoms with Crippen molar-refractivity contribution in [1.29, 1.82) is 0 Å². The number of amides is 1. The van der Waals surface area contributed by atoms with Crippen LogP contribution in [0.2, 0.25) is 5.02 Å². The highest BCUT2D eigenvalue weighted by molar-refractivity contribution is 6.30. The highest BCUT2D eigenvalue weighted by atomic mass is 35.5. The predicted octanol–water partition coefficient (Wildman–Crippen LogP) is 2.42. The molecule has 0 saturated carbocycles. The summed E-state index contributed by atoms with van der Waals surface area (Å²) in [6.45, 7) is 4.89. The molecule has 1 heterocycles. The zero-order valence-corrected chi connectivity index (χ0v) is 15.6. The topological polar surface area (TPSA) is 70.1 Å². The van der Waals surface area contributed by atoms with E-state index in [0.717, 1.165) is 18.4 Å². The first kappa shape index (κ1) is 19.5. The number of rotatable bonds is 6. The van der Waals surface area contributed by atoms with Gasteiger partial charge < -0.3 is 14.7 Å². The van der Waals surface area contributed by atoms with Gasteiger partial charge in [-0.2, -0.15) is 0 Å². The van der Waals surface area contributed by atoms with Gasteiger partial charge in [0.1, 0.15) is 5.75 Å². The zero-order chi connectivity index (χ0) is 18.6. The lowest BCUT2D eigenvalue weighted by molar-refractivity contribution is -0.141. The van der Waals surface area contributed by atoms with E-state index in [1.807, 2.05) is 18.9 Å². The highest BCUT2D eigenvalue weighted by Gasteiger charge is 2.29. The summed E-state index contributed by atoms with van der Waals surface area (Å²) in [7, 11) is 1.81. The fraction of sp³-hybridized carbons (Fsp3) is 0.556. The Hall–Kier alpha value is -1.79. The van der Waals surface area contributed by atoms with Gasteiger partial charge in [0.15, 0.2) is 6.10 Å². The van der Waals surface area contributed by atoms with E-state index in [9.17, 15) is 9.59 Å². The molecule has 1 amide bonds. The number of carboxylic acid groups (broad SMARTS) is 1. The van der Waals surface area contributed by atoms with Gasteiger partial charge in [0.2, 0.25) is 0 Å². The Morgan fingerprint density at radius 2 is 2.04 bits per heavy atom. The molecule has 0 bridgehead atoms. The van der Waals surface area contributed by atoms with E-state index >= 15 is 0 Å². The molecule has 1 N–H and O–H groups in total. The number of carbonyl (C=O) groups is 2. The van der Waals surface area contributed by atoms with Crippen LogP contribution in [0, 0.1) is 6.92 Å². The molecular weight excluding hydrogens is 344 g/mol. The molecule has 1 fully saturated rings. The van der Waals surface area contributed by atoms with Crippen molar-refractivity contribution < 1.29 is 19.4 Å². The standard InChI is InChI=1S/C18H25ClN2O4/c1-12-10-14(19)4-5-16(12)25-13(2)18(24)21-8-6-15(7-9-21)20(3)11-17(22)23/h4-5,10,13,15H,6-9,11H2,1-3H3,(H,22,23)/t13-/m0/s1. The van der Waals surface area contributed by atoms with Gasteiger partial charge in [-0.25, -0.2) is 0 Å². The van der Waals surface area contributed by atoms with Gasteiger partial charge in [0.25, 0.3) is 5.91 Å². The summed E-state index contributed by atoms with van der Waals surface area (Å²) >= 11 is 5.94. The van der Waals surface area contributed by atoms with Crippen molar-refractivity contribution in [3.8, 4) is 5.75 Å². The van der Waals surface area contributed by atoms with Crippen LogP contribution in [0.15, 0.2) is 18.2 Å². The first-order chi connectivity index (χ1) is 11.8. The minimum atomic E-state index is -0.832. The molecule has 0 spiro atoms. The van der Waals surface area contributed by atoms with Crippen LogP contribution in [0.3, 0.4) is 0 Å². The van der Waals surface area contributed by atoms with E-state index in [2.05, 4.69) is 0 Å². The molecule has 25 heavy (non-hydrogen) atoms. The van der Waals surface area contributed by atoms with Crippen LogP contribution in [0.4, 0.5) is 0 Å². The number of halogens is 1. The Bertz CT molecular complexity index is 630. The first-order valence-electron chi connectivity index (χ1n) is 8.41. The lowest BCUT2D eigenvalue weighted by Gasteiger charge is -2.37. The van der Waals surface area contributed by atoms with Gasteiger partial charge in [-0.1, -0.05) is 11.6 Å². The molecule has 1 aliphatic heterocycles. The monoisotopic (exact) mass is 368 g/mol. The molecule has 7 heteroatoms. The van der Waals surface area contributed by atoms with Crippen LogP contribution in [-0.2, 0) is 9.59 Å². The normalized spacial score (nSPS) is 16.8. The van der Waals surface area contributed by atoms with Gasteiger partial charge >= 0.3 is 5.97 Å². The summed E-state index contributed by atoms with van der Waals surface area (Å²) in [5, 5.41) is 9.51. The summed E-state index contributed by atoms with van der Waals surface area (Å²) in [4.78, 5) is 27.0. The number of benzene rings is 1. The average molecular weight is 369 g/mol. The van der Waals surface area contributed by atoms with Crippen LogP contribution in [0.5, 0.6) is 5.75 Å². The Morgan fingerprint density at radius 3 is 2.60 bits per heavy atom. The van der Waals surface area contributed by atoms with Crippen molar-refractivity contribution in [3.05, 3.63) is 28.8 Å². The third-order valence-corrected chi connectivity index (χ3v) is 4.81. The van der Waals surface area contributed by atoms with Gasteiger partial charge in [0.05, 0.1) is 6.54 Å². The molecule has 1 saturated heterocycles. The maximum absolute atomic E-state index is 12.6. The second-order valence-electron chi connectivity index (χ2n) is 6.54. The number of aliphatic carboxylic acids is 1. The van der Waals surface area contributed by atoms with Crippen LogP contribution in [0.25, 0.3) is 0 Å². The molecule has 138 valence electrons. The number of hydrogen-bond acceptors (Lipinski definition) is 4. The van der Waals surface area contributed by atoms with Crippen molar-refractivity contribution in [2.75, 3.05) is 26.7 Å². The summed E-state index contributed by atoms with van der Waals surface area (Å²) < 4.78 is 5.80. The number of likely N-dealkylation sites (tertiary alicyclic amines) is 1. The predicted molar refractivity (Wildman–Crippen MR) is 96.1 cm³/mol. The van der Waals surface area contributed by atoms with E-state index in [0.29, 0.717) is 23.9 Å². The zero-order valence-electron chi connectivity index (χ0n) is 14.9. The number of aryl methyl sites for hydroxylation is 1. The van der Waals surface area contributed by atoms with E-state index in [1.54, 1.807) is 30.0 Å². The Morgan fingerprint density at radius 1 is 1.40 bits per heavy atom. The van der Waals surface area contributed by atoms with Gasteiger partial charge in [-0.05, 0) is 57.5 Å². The second-order valence-corrected chi connectivity index (χ2v) is 6.97. The number of ether oxygens (including phenoxy) is 1. The highest BCUT2D eigenvalue weighted by Crippen LogP contribution is 2.24. The number of carbonyl (C=O) groups excluding carboxylic acids is 1. The SMILES string of the molecule is Cc1cc(Cl)ccc1O[C@@H](C)C(=O)N1CCC(N(C)CC(=O)O)CC1. The quantitative estimate of drug-likeness (QED) is 0.835. The minimum absolute atomic E-state index is 0.0218. The molecule has 0 radical (unpaired) electrons. The lowest BCUT2D eigenvalue weighted by atomic mass is 10.0. The summed E-state index contributed by atoms with van der Waals surface area (Å²) in [6, 6.07) is 5.51. The first-order valence-corrected chi connectivity index (χ1v) is 8.79. The van der Waals surface area contributed by atoms with E-state index in [-0.39, 0.29) is 18.5 Å². The van der Waals surface area contributed by atoms with Crippen LogP contribution < -0.4 is 4.74 Å². The molecule has 1 aromatic rings. The minimum Gasteiger partial charge on any atom is -0.481 e. The fourth-order valence-electron chi connectivity index (χ4n) is 3.11. The molecule has 1 atom stereocenters.